The van der Waals surface area contributed by atoms with Crippen LogP contribution in [0.2, 0.25) is 0 Å². The van der Waals surface area contributed by atoms with Crippen LogP contribution in [0.25, 0.3) is 11.0 Å². The van der Waals surface area contributed by atoms with E-state index in [-0.39, 0.29) is 23.2 Å². The number of benzene rings is 1. The van der Waals surface area contributed by atoms with Crippen molar-refractivity contribution in [3.05, 3.63) is 27.8 Å². The van der Waals surface area contributed by atoms with Crippen LogP contribution in [0.15, 0.2) is 12.1 Å². The van der Waals surface area contributed by atoms with Gasteiger partial charge in [0.25, 0.3) is 11.6 Å². The maximum Gasteiger partial charge on any atom is 0.303 e. The molecule has 0 fully saturated rings. The van der Waals surface area contributed by atoms with Gasteiger partial charge in [0.1, 0.15) is 5.52 Å². The quantitative estimate of drug-likeness (QED) is 0.401. The number of amides is 1. The molecule has 0 bridgehead atoms. The van der Waals surface area contributed by atoms with Crippen LogP contribution in [0.5, 0.6) is 0 Å². The predicted octanol–water partition coefficient (Wildman–Crippen LogP) is 2.36. The molecule has 0 aliphatic heterocycles. The Kier molecular flexibility index (Phi) is 6.13. The number of carboxylic acids is 1. The number of hydrogen-bond acceptors (Lipinski definition) is 7. The number of aliphatic carboxylic acids is 1. The highest BCUT2D eigenvalue weighted by atomic mass is 32.1. The van der Waals surface area contributed by atoms with E-state index in [0.717, 1.165) is 24.6 Å². The van der Waals surface area contributed by atoms with Crippen LogP contribution in [0.3, 0.4) is 0 Å². The summed E-state index contributed by atoms with van der Waals surface area (Å²) < 4.78 is 7.82. The van der Waals surface area contributed by atoms with Gasteiger partial charge >= 0.3 is 5.97 Å². The predicted molar refractivity (Wildman–Crippen MR) is 87.1 cm³/mol. The molecule has 0 spiro atoms. The molecule has 1 heterocycles. The van der Waals surface area contributed by atoms with Crippen molar-refractivity contribution in [3.8, 4) is 0 Å². The van der Waals surface area contributed by atoms with Crippen molar-refractivity contribution < 1.29 is 19.6 Å². The summed E-state index contributed by atoms with van der Waals surface area (Å²) in [5, 5.41) is 22.3. The molecule has 2 aromatic rings. The summed E-state index contributed by atoms with van der Waals surface area (Å²) >= 11 is 0.858. The summed E-state index contributed by atoms with van der Waals surface area (Å²) in [6.07, 6.45) is 3.07. The Balaban J connectivity index is 1.87. The highest BCUT2D eigenvalue weighted by Gasteiger charge is 2.19. The molecule has 0 unspecified atom stereocenters. The fraction of sp³-hybridized carbons (Fsp3) is 0.429. The second-order valence-electron chi connectivity index (χ2n) is 5.20. The molecule has 0 aliphatic carbocycles. The molecular formula is C14H16N4O5S. The van der Waals surface area contributed by atoms with Gasteiger partial charge in [-0.3, -0.25) is 19.7 Å². The topological polar surface area (TPSA) is 135 Å². The Bertz CT molecular complexity index is 761. The van der Waals surface area contributed by atoms with Crippen molar-refractivity contribution in [1.29, 1.82) is 0 Å². The minimum Gasteiger partial charge on any atom is -0.481 e. The van der Waals surface area contributed by atoms with Gasteiger partial charge in [0.2, 0.25) is 0 Å². The third kappa shape index (κ3) is 4.69. The molecule has 0 radical (unpaired) electrons. The minimum absolute atomic E-state index is 0.151. The number of carbonyl (C=O) groups excluding carboxylic acids is 1. The largest absolute Gasteiger partial charge is 0.481 e. The number of nitrogens with one attached hydrogen (secondary N) is 1. The number of nitrogens with zero attached hydrogens (tertiary/aromatic N) is 3. The fourth-order valence-corrected chi connectivity index (χ4v) is 2.74. The van der Waals surface area contributed by atoms with Crippen molar-refractivity contribution in [2.24, 2.45) is 0 Å². The monoisotopic (exact) mass is 352 g/mol. The third-order valence-electron chi connectivity index (χ3n) is 3.40. The number of nitro groups is 1. The Morgan fingerprint density at radius 2 is 1.96 bits per heavy atom. The van der Waals surface area contributed by atoms with Gasteiger partial charge < -0.3 is 10.4 Å². The van der Waals surface area contributed by atoms with E-state index in [4.69, 9.17) is 5.11 Å². The van der Waals surface area contributed by atoms with E-state index in [9.17, 15) is 19.7 Å². The Morgan fingerprint density at radius 3 is 2.67 bits per heavy atom. The van der Waals surface area contributed by atoms with E-state index in [1.54, 1.807) is 0 Å². The first-order chi connectivity index (χ1) is 11.5. The Morgan fingerprint density at radius 1 is 1.21 bits per heavy atom. The third-order valence-corrected chi connectivity index (χ3v) is 3.95. The highest BCUT2D eigenvalue weighted by molar-refractivity contribution is 7.00. The van der Waals surface area contributed by atoms with Crippen LogP contribution < -0.4 is 5.32 Å². The van der Waals surface area contributed by atoms with Crippen LogP contribution >= 0.6 is 11.7 Å². The zero-order valence-electron chi connectivity index (χ0n) is 12.7. The molecule has 0 saturated carbocycles. The molecule has 2 N–H and O–H groups in total. The van der Waals surface area contributed by atoms with E-state index < -0.39 is 16.8 Å². The van der Waals surface area contributed by atoms with Gasteiger partial charge in [0, 0.05) is 24.6 Å². The summed E-state index contributed by atoms with van der Waals surface area (Å²) in [5.41, 5.74) is 0.445. The number of aromatic nitrogens is 2. The average Bonchev–Trinajstić information content (AvgIpc) is 3.00. The van der Waals surface area contributed by atoms with Crippen molar-refractivity contribution in [2.75, 3.05) is 6.54 Å². The second-order valence-corrected chi connectivity index (χ2v) is 5.73. The number of carbonyl (C=O) groups is 2. The zero-order chi connectivity index (χ0) is 17.5. The zero-order valence-corrected chi connectivity index (χ0v) is 13.5. The lowest BCUT2D eigenvalue weighted by Crippen LogP contribution is -2.24. The standard InChI is InChI=1S/C14H16N4O5S/c19-12(20)5-3-1-2-4-6-15-14(21)9-7-10-13(17-24-16-10)11(8-9)18(22)23/h7-8H,1-6H2,(H,15,21)(H,19,20). The molecule has 2 rings (SSSR count). The maximum absolute atomic E-state index is 12.1. The number of non-ortho nitro benzene ring substituents is 1. The van der Waals surface area contributed by atoms with Crippen LogP contribution in [0.1, 0.15) is 42.5 Å². The first-order valence-electron chi connectivity index (χ1n) is 7.39. The number of unbranched alkanes of at least 4 members (excludes halogenated alkanes) is 3. The molecule has 1 aromatic heterocycles. The maximum atomic E-state index is 12.1. The van der Waals surface area contributed by atoms with E-state index in [0.29, 0.717) is 24.9 Å². The summed E-state index contributed by atoms with van der Waals surface area (Å²) in [5.74, 6) is -1.21. The molecule has 128 valence electrons. The van der Waals surface area contributed by atoms with Crippen molar-refractivity contribution in [3.63, 3.8) is 0 Å². The van der Waals surface area contributed by atoms with Crippen LogP contribution in [-0.4, -0.2) is 37.2 Å². The Hall–Kier alpha value is -2.62. The van der Waals surface area contributed by atoms with Gasteiger partial charge in [-0.05, 0) is 18.9 Å². The number of rotatable bonds is 9. The summed E-state index contributed by atoms with van der Waals surface area (Å²) in [6, 6.07) is 2.68. The number of nitro benzene ring substituents is 1. The number of carboxylic acid groups (broad SMARTS) is 1. The van der Waals surface area contributed by atoms with E-state index in [1.807, 2.05) is 0 Å². The molecule has 1 aromatic carbocycles. The molecule has 0 atom stereocenters. The van der Waals surface area contributed by atoms with Crippen molar-refractivity contribution in [1.82, 2.24) is 14.1 Å². The van der Waals surface area contributed by atoms with Crippen molar-refractivity contribution in [2.45, 2.75) is 32.1 Å². The molecule has 0 saturated heterocycles. The van der Waals surface area contributed by atoms with Gasteiger partial charge in [-0.2, -0.15) is 8.75 Å². The first kappa shape index (κ1) is 17.7. The number of fused-ring (bicyclic) bond motifs is 1. The fourth-order valence-electron chi connectivity index (χ4n) is 2.20. The second kappa shape index (κ2) is 8.29. The summed E-state index contributed by atoms with van der Waals surface area (Å²) in [7, 11) is 0. The van der Waals surface area contributed by atoms with Gasteiger partial charge in [0.15, 0.2) is 5.52 Å². The lowest BCUT2D eigenvalue weighted by molar-refractivity contribution is -0.383. The number of hydrogen-bond donors (Lipinski definition) is 2. The molecule has 1 amide bonds. The van der Waals surface area contributed by atoms with E-state index in [2.05, 4.69) is 14.1 Å². The van der Waals surface area contributed by atoms with E-state index >= 15 is 0 Å². The van der Waals surface area contributed by atoms with Gasteiger partial charge in [-0.15, -0.1) is 0 Å². The normalized spacial score (nSPS) is 10.7. The molecule has 24 heavy (non-hydrogen) atoms. The molecular weight excluding hydrogens is 336 g/mol. The lowest BCUT2D eigenvalue weighted by Gasteiger charge is -2.05. The van der Waals surface area contributed by atoms with Crippen LogP contribution in [-0.2, 0) is 4.79 Å². The van der Waals surface area contributed by atoms with Crippen LogP contribution in [0, 0.1) is 10.1 Å². The van der Waals surface area contributed by atoms with Crippen LogP contribution in [0.4, 0.5) is 5.69 Å². The first-order valence-corrected chi connectivity index (χ1v) is 8.13. The SMILES string of the molecule is O=C(O)CCCCCCNC(=O)c1cc([N+](=O)[O-])c2nsnc2c1. The van der Waals surface area contributed by atoms with Gasteiger partial charge in [-0.25, -0.2) is 0 Å². The summed E-state index contributed by atoms with van der Waals surface area (Å²) in [6.45, 7) is 0.424. The molecule has 10 heteroatoms. The summed E-state index contributed by atoms with van der Waals surface area (Å²) in [4.78, 5) is 33.0. The Labute approximate surface area is 141 Å². The van der Waals surface area contributed by atoms with Gasteiger partial charge in [-0.1, -0.05) is 12.8 Å². The molecule has 0 aliphatic rings. The lowest BCUT2D eigenvalue weighted by atomic mass is 10.1. The van der Waals surface area contributed by atoms with Gasteiger partial charge in [0.05, 0.1) is 16.7 Å². The minimum atomic E-state index is -0.809. The highest BCUT2D eigenvalue weighted by Crippen LogP contribution is 2.25. The smallest absolute Gasteiger partial charge is 0.303 e. The average molecular weight is 352 g/mol. The van der Waals surface area contributed by atoms with E-state index in [1.165, 1.54) is 12.1 Å². The molecule has 9 nitrogen and oxygen atoms in total. The van der Waals surface area contributed by atoms with Crippen molar-refractivity contribution >= 4 is 40.3 Å².